The first kappa shape index (κ1) is 40.5. The number of carboxylic acid groups (broad SMARTS) is 1. The molecule has 0 spiro atoms. The molecule has 242 valence electrons. The van der Waals surface area contributed by atoms with Crippen LogP contribution in [0.4, 0.5) is 61.5 Å². The van der Waals surface area contributed by atoms with Crippen LogP contribution >= 0.6 is 0 Å². The quantitative estimate of drug-likeness (QED) is 0.225. The minimum absolute atomic E-state index is 0.0256. The summed E-state index contributed by atoms with van der Waals surface area (Å²) >= 11 is 0. The lowest BCUT2D eigenvalue weighted by Crippen LogP contribution is -3.10. The SMILES string of the molecule is CC.C[NH+](CCCNS(=O)(=O)CCC(CC(F)(C(F)(F)F)C(F)(F)F)CC(F)(C(F)(F)F)C(F)(F)F)CC(=O)[O-]. The van der Waals surface area contributed by atoms with Crippen molar-refractivity contribution >= 4 is 16.0 Å². The van der Waals surface area contributed by atoms with E-state index in [1.54, 1.807) is 4.72 Å². The van der Waals surface area contributed by atoms with Crippen molar-refractivity contribution in [2.24, 2.45) is 5.92 Å². The zero-order valence-corrected chi connectivity index (χ0v) is 21.9. The van der Waals surface area contributed by atoms with Gasteiger partial charge in [0, 0.05) is 25.8 Å². The van der Waals surface area contributed by atoms with Crippen molar-refractivity contribution in [2.75, 3.05) is 32.4 Å². The number of hydrogen-bond acceptors (Lipinski definition) is 4. The summed E-state index contributed by atoms with van der Waals surface area (Å²) in [6.45, 7) is 2.91. The summed E-state index contributed by atoms with van der Waals surface area (Å²) in [5.41, 5.74) is -12.8. The van der Waals surface area contributed by atoms with E-state index >= 15 is 0 Å². The normalized spacial score (nSPS) is 15.1. The summed E-state index contributed by atoms with van der Waals surface area (Å²) in [5.74, 6) is -6.55. The van der Waals surface area contributed by atoms with Crippen molar-refractivity contribution < 1.29 is 84.7 Å². The summed E-state index contributed by atoms with van der Waals surface area (Å²) in [6.07, 6.45) is -36.1. The first-order chi connectivity index (χ1) is 17.6. The third-order valence-electron chi connectivity index (χ3n) is 5.28. The minimum atomic E-state index is -6.92. The van der Waals surface area contributed by atoms with E-state index in [4.69, 9.17) is 0 Å². The predicted molar refractivity (Wildman–Crippen MR) is 109 cm³/mol. The molecule has 40 heavy (non-hydrogen) atoms. The molecule has 0 aliphatic rings. The molecule has 2 N–H and O–H groups in total. The van der Waals surface area contributed by atoms with Gasteiger partial charge in [-0.3, -0.25) is 0 Å². The highest BCUT2D eigenvalue weighted by Crippen LogP contribution is 2.54. The van der Waals surface area contributed by atoms with Crippen LogP contribution in [-0.2, 0) is 14.8 Å². The average Bonchev–Trinajstić information content (AvgIpc) is 2.73. The molecule has 0 aromatic rings. The van der Waals surface area contributed by atoms with Gasteiger partial charge in [-0.2, -0.15) is 52.7 Å². The van der Waals surface area contributed by atoms with Gasteiger partial charge in [0.1, 0.15) is 6.54 Å². The van der Waals surface area contributed by atoms with E-state index in [9.17, 15) is 79.8 Å². The number of hydrogen-bond donors (Lipinski definition) is 2. The fourth-order valence-electron chi connectivity index (χ4n) is 3.20. The molecule has 0 heterocycles. The number of carboxylic acids is 1. The number of alkyl halides is 14. The maximum Gasteiger partial charge on any atom is 0.431 e. The van der Waals surface area contributed by atoms with Gasteiger partial charge in [0.05, 0.1) is 25.3 Å². The van der Waals surface area contributed by atoms with Gasteiger partial charge < -0.3 is 14.8 Å². The molecule has 0 aliphatic carbocycles. The number of carbonyl (C=O) groups is 1. The first-order valence-electron chi connectivity index (χ1n) is 11.2. The highest BCUT2D eigenvalue weighted by Gasteiger charge is 2.75. The number of rotatable bonds is 14. The molecule has 0 saturated carbocycles. The molecule has 0 radical (unpaired) electrons. The van der Waals surface area contributed by atoms with Crippen molar-refractivity contribution in [1.82, 2.24) is 4.72 Å². The zero-order valence-electron chi connectivity index (χ0n) is 21.1. The predicted octanol–water partition coefficient (Wildman–Crippen LogP) is 3.04. The van der Waals surface area contributed by atoms with E-state index in [0.29, 0.717) is 4.90 Å². The van der Waals surface area contributed by atoms with Gasteiger partial charge in [-0.15, -0.1) is 0 Å². The molecule has 0 aromatic heterocycles. The van der Waals surface area contributed by atoms with Crippen LogP contribution in [-0.4, -0.2) is 82.9 Å². The second-order valence-corrected chi connectivity index (χ2v) is 10.4. The fourth-order valence-corrected chi connectivity index (χ4v) is 4.45. The second kappa shape index (κ2) is 14.5. The van der Waals surface area contributed by atoms with Crippen LogP contribution in [0, 0.1) is 5.92 Å². The molecule has 0 aromatic carbocycles. The Kier molecular flexibility index (Phi) is 14.7. The number of halogens is 14. The number of likely N-dealkylation sites (N-methyl/N-ethyl adjacent to an activating group) is 1. The Morgan fingerprint density at radius 3 is 1.43 bits per heavy atom. The van der Waals surface area contributed by atoms with Crippen LogP contribution in [0.3, 0.4) is 0 Å². The van der Waals surface area contributed by atoms with Crippen LogP contribution in [0.5, 0.6) is 0 Å². The van der Waals surface area contributed by atoms with Gasteiger partial charge in [0.2, 0.25) is 10.0 Å². The summed E-state index contributed by atoms with van der Waals surface area (Å²) in [7, 11) is -3.47. The average molecular weight is 646 g/mol. The van der Waals surface area contributed by atoms with Gasteiger partial charge in [-0.1, -0.05) is 13.8 Å². The largest absolute Gasteiger partial charge is 0.544 e. The Morgan fingerprint density at radius 1 is 0.775 bits per heavy atom. The Hall–Kier alpha value is -1.64. The van der Waals surface area contributed by atoms with Crippen LogP contribution < -0.4 is 14.7 Å². The molecular formula is C19H28F14N2O4S. The van der Waals surface area contributed by atoms with Crippen molar-refractivity contribution in [3.05, 3.63) is 0 Å². The van der Waals surface area contributed by atoms with E-state index in [1.807, 2.05) is 13.8 Å². The molecule has 1 unspecified atom stereocenters. The Labute approximate surface area is 220 Å². The van der Waals surface area contributed by atoms with Crippen LogP contribution in [0.25, 0.3) is 0 Å². The molecule has 0 amide bonds. The molecular weight excluding hydrogens is 618 g/mol. The monoisotopic (exact) mass is 646 g/mol. The Bertz CT molecular complexity index is 817. The molecule has 0 saturated heterocycles. The summed E-state index contributed by atoms with van der Waals surface area (Å²) in [4.78, 5) is 10.7. The maximum absolute atomic E-state index is 14.1. The van der Waals surface area contributed by atoms with E-state index in [1.165, 1.54) is 7.05 Å². The number of sulfonamides is 1. The molecule has 0 fully saturated rings. The van der Waals surface area contributed by atoms with Crippen LogP contribution in [0.1, 0.15) is 39.5 Å². The lowest BCUT2D eigenvalue weighted by molar-refractivity contribution is -0.873. The third-order valence-corrected chi connectivity index (χ3v) is 6.70. The second-order valence-electron chi connectivity index (χ2n) is 8.48. The van der Waals surface area contributed by atoms with Gasteiger partial charge >= 0.3 is 24.7 Å². The van der Waals surface area contributed by atoms with E-state index < -0.39 is 96.1 Å². The van der Waals surface area contributed by atoms with Crippen molar-refractivity contribution in [1.29, 1.82) is 0 Å². The van der Waals surface area contributed by atoms with Crippen molar-refractivity contribution in [3.8, 4) is 0 Å². The number of carbonyl (C=O) groups excluding carboxylic acids is 1. The lowest BCUT2D eigenvalue weighted by atomic mass is 9.81. The van der Waals surface area contributed by atoms with Crippen LogP contribution in [0.15, 0.2) is 0 Å². The first-order valence-corrected chi connectivity index (χ1v) is 12.9. The zero-order chi connectivity index (χ0) is 32.6. The maximum atomic E-state index is 14.1. The fraction of sp³-hybridized carbons (Fsp3) is 0.947. The standard InChI is InChI=1S/C17H22F14N2O4S.C2H6/c1-33(9-11(34)35)5-2-4-32-38(36,37)6-3-10(7-12(18,14(20,21)22)15(23,24)25)8-13(19,16(26,27)28)17(29,30)31;1-2/h10,32H,2-9H2,1H3,(H,34,35);1-2H3. The minimum Gasteiger partial charge on any atom is -0.544 e. The summed E-state index contributed by atoms with van der Waals surface area (Å²) < 4.78 is 208. The summed E-state index contributed by atoms with van der Waals surface area (Å²) in [5, 5.41) is 10.4. The number of nitrogens with one attached hydrogen (secondary N) is 2. The third kappa shape index (κ3) is 11.7. The Morgan fingerprint density at radius 2 is 1.12 bits per heavy atom. The molecule has 6 nitrogen and oxygen atoms in total. The molecule has 21 heteroatoms. The topological polar surface area (TPSA) is 90.7 Å². The van der Waals surface area contributed by atoms with Gasteiger partial charge in [-0.05, 0) is 12.3 Å². The smallest absolute Gasteiger partial charge is 0.431 e. The number of quaternary nitrogens is 1. The van der Waals surface area contributed by atoms with E-state index in [0.717, 1.165) is 0 Å². The van der Waals surface area contributed by atoms with Gasteiger partial charge in [0.25, 0.3) is 11.3 Å². The van der Waals surface area contributed by atoms with Crippen LogP contribution in [0.2, 0.25) is 0 Å². The summed E-state index contributed by atoms with van der Waals surface area (Å²) in [6, 6.07) is 0. The van der Waals surface area contributed by atoms with Crippen molar-refractivity contribution in [3.63, 3.8) is 0 Å². The van der Waals surface area contributed by atoms with Crippen molar-refractivity contribution in [2.45, 2.75) is 75.6 Å². The van der Waals surface area contributed by atoms with E-state index in [2.05, 4.69) is 0 Å². The molecule has 0 bridgehead atoms. The molecule has 0 aliphatic heterocycles. The molecule has 1 atom stereocenters. The lowest BCUT2D eigenvalue weighted by Gasteiger charge is -2.37. The Balaban J connectivity index is 0. The van der Waals surface area contributed by atoms with Gasteiger partial charge in [0.15, 0.2) is 0 Å². The molecule has 0 rings (SSSR count). The number of aliphatic carboxylic acids is 1. The highest BCUT2D eigenvalue weighted by atomic mass is 32.2. The highest BCUT2D eigenvalue weighted by molar-refractivity contribution is 7.89. The van der Waals surface area contributed by atoms with Gasteiger partial charge in [-0.25, -0.2) is 21.9 Å². The van der Waals surface area contributed by atoms with E-state index in [-0.39, 0.29) is 13.0 Å².